The number of aromatic nitrogens is 2. The number of amides is 1. The Balaban J connectivity index is 1.36. The highest BCUT2D eigenvalue weighted by atomic mass is 32.2. The molecule has 0 spiro atoms. The van der Waals surface area contributed by atoms with E-state index in [1.54, 1.807) is 30.5 Å². The van der Waals surface area contributed by atoms with Crippen LogP contribution in [0.2, 0.25) is 0 Å². The summed E-state index contributed by atoms with van der Waals surface area (Å²) in [6.07, 6.45) is 5.88. The van der Waals surface area contributed by atoms with Crippen molar-refractivity contribution in [3.63, 3.8) is 0 Å². The number of hydrogen-bond acceptors (Lipinski definition) is 7. The van der Waals surface area contributed by atoms with Gasteiger partial charge in [-0.1, -0.05) is 19.1 Å². The van der Waals surface area contributed by atoms with Crippen LogP contribution in [0.25, 0.3) is 0 Å². The van der Waals surface area contributed by atoms with E-state index in [0.717, 1.165) is 37.9 Å². The minimum atomic E-state index is -4.21. The van der Waals surface area contributed by atoms with Gasteiger partial charge in [0, 0.05) is 24.0 Å². The van der Waals surface area contributed by atoms with E-state index in [9.17, 15) is 13.2 Å². The zero-order valence-corrected chi connectivity index (χ0v) is 21.6. The Kier molecular flexibility index (Phi) is 6.20. The smallest absolute Gasteiger partial charge is 0.281 e. The summed E-state index contributed by atoms with van der Waals surface area (Å²) in [6.45, 7) is 7.14. The first-order chi connectivity index (χ1) is 17.1. The molecular weight excluding hydrogens is 474 g/mol. The fourth-order valence-corrected chi connectivity index (χ4v) is 5.99. The van der Waals surface area contributed by atoms with Gasteiger partial charge in [0.25, 0.3) is 15.9 Å². The highest BCUT2D eigenvalue weighted by molar-refractivity contribution is 7.90. The molecule has 0 bridgehead atoms. The monoisotopic (exact) mass is 505 g/mol. The normalized spacial score (nSPS) is 18.6. The SMILES string of the molecule is CC1CCN(c2ncccc2C(=O)NS(=O)(=O)c2cccc(Nc3ccc4c(c3)CCC4)n2)C1(C)C. The summed E-state index contributed by atoms with van der Waals surface area (Å²) < 4.78 is 28.5. The van der Waals surface area contributed by atoms with Crippen molar-refractivity contribution in [3.05, 3.63) is 71.4 Å². The van der Waals surface area contributed by atoms with Gasteiger partial charge < -0.3 is 10.2 Å². The molecule has 1 aliphatic carbocycles. The molecule has 0 radical (unpaired) electrons. The van der Waals surface area contributed by atoms with Crippen LogP contribution in [0.4, 0.5) is 17.3 Å². The minimum Gasteiger partial charge on any atom is -0.351 e. The second-order valence-electron chi connectivity index (χ2n) is 10.1. The quantitative estimate of drug-likeness (QED) is 0.510. The lowest BCUT2D eigenvalue weighted by molar-refractivity contribution is 0.0981. The molecule has 0 saturated carbocycles. The van der Waals surface area contributed by atoms with Crippen molar-refractivity contribution >= 4 is 33.3 Å². The zero-order valence-electron chi connectivity index (χ0n) is 20.8. The van der Waals surface area contributed by atoms with Crippen molar-refractivity contribution in [3.8, 4) is 0 Å². The Bertz CT molecular complexity index is 1420. The third kappa shape index (κ3) is 4.55. The van der Waals surface area contributed by atoms with Gasteiger partial charge in [0.2, 0.25) is 0 Å². The molecule has 9 heteroatoms. The van der Waals surface area contributed by atoms with Crippen LogP contribution in [-0.4, -0.2) is 36.4 Å². The van der Waals surface area contributed by atoms with Crippen molar-refractivity contribution in [2.75, 3.05) is 16.8 Å². The van der Waals surface area contributed by atoms with E-state index in [2.05, 4.69) is 57.8 Å². The highest BCUT2D eigenvalue weighted by Crippen LogP contribution is 2.38. The van der Waals surface area contributed by atoms with Crippen LogP contribution in [0.15, 0.2) is 59.8 Å². The zero-order chi connectivity index (χ0) is 25.5. The van der Waals surface area contributed by atoms with Crippen molar-refractivity contribution < 1.29 is 13.2 Å². The van der Waals surface area contributed by atoms with Gasteiger partial charge in [0.05, 0.1) is 5.56 Å². The number of carbonyl (C=O) groups excluding carboxylic acids is 1. The van der Waals surface area contributed by atoms with Crippen LogP contribution in [0, 0.1) is 5.92 Å². The summed E-state index contributed by atoms with van der Waals surface area (Å²) in [6, 6.07) is 14.1. The van der Waals surface area contributed by atoms with Crippen molar-refractivity contribution in [2.45, 2.75) is 57.0 Å². The van der Waals surface area contributed by atoms with Crippen LogP contribution >= 0.6 is 0 Å². The van der Waals surface area contributed by atoms with Crippen LogP contribution < -0.4 is 14.9 Å². The number of carbonyl (C=O) groups is 1. The maximum absolute atomic E-state index is 13.2. The molecular formula is C27H31N5O3S. The lowest BCUT2D eigenvalue weighted by Crippen LogP contribution is -2.43. The van der Waals surface area contributed by atoms with Crippen LogP contribution in [-0.2, 0) is 22.9 Å². The van der Waals surface area contributed by atoms with Gasteiger partial charge in [-0.2, -0.15) is 8.42 Å². The number of benzene rings is 1. The Morgan fingerprint density at radius 3 is 2.67 bits per heavy atom. The van der Waals surface area contributed by atoms with E-state index < -0.39 is 15.9 Å². The molecule has 2 N–H and O–H groups in total. The lowest BCUT2D eigenvalue weighted by atomic mass is 9.90. The standard InChI is InChI=1S/C27H31N5O3S/c1-18-14-16-32(27(18,2)3)25-22(9-6-15-28-25)26(33)31-36(34,35)24-11-5-10-23(30-24)29-21-13-12-19-7-4-8-20(19)17-21/h5-6,9-13,15,17-18H,4,7-8,14,16H2,1-3H3,(H,29,30)(H,31,33). The van der Waals surface area contributed by atoms with Gasteiger partial charge in [-0.25, -0.2) is 14.7 Å². The number of nitrogens with one attached hydrogen (secondary N) is 2. The fourth-order valence-electron chi connectivity index (χ4n) is 5.06. The van der Waals surface area contributed by atoms with Crippen LogP contribution in [0.1, 0.15) is 55.1 Å². The fraction of sp³-hybridized carbons (Fsp3) is 0.370. The molecule has 5 rings (SSSR count). The molecule has 2 aliphatic rings. The topological polar surface area (TPSA) is 104 Å². The van der Waals surface area contributed by atoms with E-state index in [1.165, 1.54) is 17.2 Å². The van der Waals surface area contributed by atoms with Crippen molar-refractivity contribution in [1.82, 2.24) is 14.7 Å². The molecule has 1 saturated heterocycles. The summed E-state index contributed by atoms with van der Waals surface area (Å²) in [5.41, 5.74) is 3.52. The van der Waals surface area contributed by atoms with Crippen molar-refractivity contribution in [1.29, 1.82) is 0 Å². The van der Waals surface area contributed by atoms with E-state index in [1.807, 2.05) is 6.07 Å². The molecule has 1 unspecified atom stereocenters. The molecule has 36 heavy (non-hydrogen) atoms. The largest absolute Gasteiger partial charge is 0.351 e. The first kappa shape index (κ1) is 24.2. The maximum Gasteiger partial charge on any atom is 0.281 e. The summed E-state index contributed by atoms with van der Waals surface area (Å²) >= 11 is 0. The Morgan fingerprint density at radius 2 is 1.89 bits per heavy atom. The number of sulfonamides is 1. The molecule has 188 valence electrons. The van der Waals surface area contributed by atoms with Gasteiger partial charge in [-0.15, -0.1) is 0 Å². The highest BCUT2D eigenvalue weighted by Gasteiger charge is 2.40. The molecule has 3 aromatic rings. The molecule has 1 aromatic carbocycles. The summed E-state index contributed by atoms with van der Waals surface area (Å²) in [5, 5.41) is 2.95. The number of rotatable bonds is 6. The van der Waals surface area contributed by atoms with E-state index in [4.69, 9.17) is 0 Å². The third-order valence-electron chi connectivity index (χ3n) is 7.57. The van der Waals surface area contributed by atoms with E-state index >= 15 is 0 Å². The summed E-state index contributed by atoms with van der Waals surface area (Å²) in [5.74, 6) is 0.550. The predicted molar refractivity (Wildman–Crippen MR) is 140 cm³/mol. The molecule has 1 aliphatic heterocycles. The minimum absolute atomic E-state index is 0.207. The second-order valence-corrected chi connectivity index (χ2v) is 11.8. The van der Waals surface area contributed by atoms with Crippen LogP contribution in [0.3, 0.4) is 0 Å². The molecule has 3 heterocycles. The number of aryl methyl sites for hydroxylation is 2. The van der Waals surface area contributed by atoms with Gasteiger partial charge in [-0.05, 0) is 93.0 Å². The average Bonchev–Trinajstić information content (AvgIpc) is 3.42. The lowest BCUT2D eigenvalue weighted by Gasteiger charge is -2.36. The maximum atomic E-state index is 13.2. The van der Waals surface area contributed by atoms with Crippen LogP contribution in [0.5, 0.6) is 0 Å². The molecule has 8 nitrogen and oxygen atoms in total. The molecule has 1 amide bonds. The number of nitrogens with zero attached hydrogens (tertiary/aromatic N) is 3. The Labute approximate surface area is 212 Å². The van der Waals surface area contributed by atoms with E-state index in [0.29, 0.717) is 17.6 Å². The molecule has 1 fully saturated rings. The molecule has 1 atom stereocenters. The van der Waals surface area contributed by atoms with E-state index in [-0.39, 0.29) is 16.1 Å². The summed E-state index contributed by atoms with van der Waals surface area (Å²) in [4.78, 5) is 24.0. The first-order valence-electron chi connectivity index (χ1n) is 12.3. The Hall–Kier alpha value is -3.46. The van der Waals surface area contributed by atoms with Gasteiger partial charge in [0.1, 0.15) is 11.6 Å². The second kappa shape index (κ2) is 9.20. The summed E-state index contributed by atoms with van der Waals surface area (Å²) in [7, 11) is -4.21. The van der Waals surface area contributed by atoms with Gasteiger partial charge in [-0.3, -0.25) is 4.79 Å². The number of fused-ring (bicyclic) bond motifs is 1. The first-order valence-corrected chi connectivity index (χ1v) is 13.8. The Morgan fingerprint density at radius 1 is 1.08 bits per heavy atom. The molecule has 2 aromatic heterocycles. The number of hydrogen-bond donors (Lipinski definition) is 2. The number of pyridine rings is 2. The average molecular weight is 506 g/mol. The number of anilines is 3. The van der Waals surface area contributed by atoms with Crippen molar-refractivity contribution in [2.24, 2.45) is 5.92 Å². The van der Waals surface area contributed by atoms with Gasteiger partial charge >= 0.3 is 0 Å². The third-order valence-corrected chi connectivity index (χ3v) is 8.80. The van der Waals surface area contributed by atoms with Gasteiger partial charge in [0.15, 0.2) is 5.03 Å². The predicted octanol–water partition coefficient (Wildman–Crippen LogP) is 4.45.